The Balaban J connectivity index is 2.27. The average molecular weight is 426 g/mol. The Morgan fingerprint density at radius 3 is 2.08 bits per heavy atom. The van der Waals surface area contributed by atoms with Gasteiger partial charge >= 0.3 is 5.97 Å². The van der Waals surface area contributed by atoms with Gasteiger partial charge in [-0.25, -0.2) is 26.7 Å². The molecule has 0 aliphatic rings. The van der Waals surface area contributed by atoms with E-state index in [4.69, 9.17) is 0 Å². The lowest BCUT2D eigenvalue weighted by molar-refractivity contribution is -0.385. The fourth-order valence-electron chi connectivity index (χ4n) is 1.78. The lowest BCUT2D eigenvalue weighted by atomic mass is 10.1. The van der Waals surface area contributed by atoms with Crippen molar-refractivity contribution in [2.45, 2.75) is 6.61 Å². The number of hydrogen-bond acceptors (Lipinski definition) is 4. The van der Waals surface area contributed by atoms with E-state index in [9.17, 15) is 36.9 Å². The molecule has 2 rings (SSSR count). The maximum Gasteiger partial charge on any atom is 0.338 e. The number of nitro benzene ring substituents is 1. The summed E-state index contributed by atoms with van der Waals surface area (Å²) in [6, 6.07) is 3.09. The van der Waals surface area contributed by atoms with E-state index in [-0.39, 0.29) is 10.0 Å². The SMILES string of the molecule is O=C(OCc1c(F)c(F)c(F)c(F)c1F)c1ccc(Br)c([N+](=O)[O-])c1. The van der Waals surface area contributed by atoms with Crippen molar-refractivity contribution in [2.24, 2.45) is 0 Å². The van der Waals surface area contributed by atoms with Gasteiger partial charge in [0.2, 0.25) is 5.82 Å². The molecule has 11 heteroatoms. The molecule has 2 aromatic carbocycles. The Hall–Kier alpha value is -2.56. The van der Waals surface area contributed by atoms with Crippen LogP contribution in [-0.4, -0.2) is 10.9 Å². The number of carbonyl (C=O) groups excluding carboxylic acids is 1. The van der Waals surface area contributed by atoms with Gasteiger partial charge in [-0.2, -0.15) is 0 Å². The van der Waals surface area contributed by atoms with Crippen LogP contribution < -0.4 is 0 Å². The molecular weight excluding hydrogens is 421 g/mol. The van der Waals surface area contributed by atoms with Crippen LogP contribution in [0.3, 0.4) is 0 Å². The molecule has 0 spiro atoms. The number of rotatable bonds is 4. The molecule has 0 aromatic heterocycles. The van der Waals surface area contributed by atoms with Crippen LogP contribution in [0.4, 0.5) is 27.6 Å². The zero-order valence-electron chi connectivity index (χ0n) is 11.8. The quantitative estimate of drug-likeness (QED) is 0.182. The number of halogens is 6. The molecule has 0 bridgehead atoms. The van der Waals surface area contributed by atoms with Gasteiger partial charge in [0.05, 0.1) is 20.5 Å². The smallest absolute Gasteiger partial charge is 0.338 e. The first-order valence-corrected chi connectivity index (χ1v) is 7.05. The second-order valence-corrected chi connectivity index (χ2v) is 5.40. The number of ether oxygens (including phenoxy) is 1. The van der Waals surface area contributed by atoms with Crippen LogP contribution >= 0.6 is 15.9 Å². The standard InChI is InChI=1S/C14H5BrF5NO4/c15-7-2-1-5(3-8(7)21(23)24)14(22)25-4-6-9(16)11(18)13(20)12(19)10(6)17/h1-3H,4H2. The Kier molecular flexibility index (Phi) is 5.36. The van der Waals surface area contributed by atoms with E-state index in [1.54, 1.807) is 0 Å². The van der Waals surface area contributed by atoms with Crippen LogP contribution in [0.2, 0.25) is 0 Å². The summed E-state index contributed by atoms with van der Waals surface area (Å²) in [5.74, 6) is -12.2. The van der Waals surface area contributed by atoms with E-state index in [2.05, 4.69) is 20.7 Å². The van der Waals surface area contributed by atoms with Gasteiger partial charge in [0.25, 0.3) is 5.69 Å². The van der Waals surface area contributed by atoms with Crippen LogP contribution in [0, 0.1) is 39.2 Å². The molecule has 0 heterocycles. The first-order chi connectivity index (χ1) is 11.6. The Labute approximate surface area is 144 Å². The van der Waals surface area contributed by atoms with Gasteiger partial charge < -0.3 is 4.74 Å². The van der Waals surface area contributed by atoms with Crippen LogP contribution in [-0.2, 0) is 11.3 Å². The van der Waals surface area contributed by atoms with E-state index < -0.39 is 57.8 Å². The van der Waals surface area contributed by atoms with Crippen molar-refractivity contribution in [3.05, 3.63) is 73.0 Å². The minimum atomic E-state index is -2.34. The van der Waals surface area contributed by atoms with Crippen LogP contribution in [0.25, 0.3) is 0 Å². The predicted octanol–water partition coefficient (Wildman–Crippen LogP) is 4.41. The van der Waals surface area contributed by atoms with E-state index in [1.807, 2.05) is 0 Å². The second kappa shape index (κ2) is 7.13. The van der Waals surface area contributed by atoms with Gasteiger partial charge in [-0.05, 0) is 28.1 Å². The third-order valence-corrected chi connectivity index (χ3v) is 3.70. The summed E-state index contributed by atoms with van der Waals surface area (Å²) < 4.78 is 70.5. The van der Waals surface area contributed by atoms with Gasteiger partial charge in [0.15, 0.2) is 23.3 Å². The van der Waals surface area contributed by atoms with Gasteiger partial charge in [-0.3, -0.25) is 10.1 Å². The monoisotopic (exact) mass is 425 g/mol. The number of nitrogens with zero attached hydrogens (tertiary/aromatic N) is 1. The summed E-state index contributed by atoms with van der Waals surface area (Å²) in [6.45, 7) is -1.26. The average Bonchev–Trinajstić information content (AvgIpc) is 2.58. The zero-order chi connectivity index (χ0) is 18.9. The maximum absolute atomic E-state index is 13.5. The van der Waals surface area contributed by atoms with Crippen molar-refractivity contribution in [3.8, 4) is 0 Å². The van der Waals surface area contributed by atoms with Crippen molar-refractivity contribution >= 4 is 27.6 Å². The Morgan fingerprint density at radius 2 is 1.56 bits per heavy atom. The van der Waals surface area contributed by atoms with Gasteiger partial charge in [0.1, 0.15) is 6.61 Å². The van der Waals surface area contributed by atoms with Crippen molar-refractivity contribution in [1.29, 1.82) is 0 Å². The second-order valence-electron chi connectivity index (χ2n) is 4.55. The number of hydrogen-bond donors (Lipinski definition) is 0. The fraction of sp³-hybridized carbons (Fsp3) is 0.0714. The number of nitro groups is 1. The minimum absolute atomic E-state index is 0.0637. The normalized spacial score (nSPS) is 10.6. The topological polar surface area (TPSA) is 69.4 Å². The van der Waals surface area contributed by atoms with Crippen LogP contribution in [0.5, 0.6) is 0 Å². The van der Waals surface area contributed by atoms with Gasteiger partial charge in [0, 0.05) is 6.07 Å². The van der Waals surface area contributed by atoms with E-state index in [0.717, 1.165) is 18.2 Å². The highest BCUT2D eigenvalue weighted by atomic mass is 79.9. The lowest BCUT2D eigenvalue weighted by Gasteiger charge is -2.09. The van der Waals surface area contributed by atoms with Gasteiger partial charge in [-0.1, -0.05) is 0 Å². The van der Waals surface area contributed by atoms with Crippen molar-refractivity contribution in [1.82, 2.24) is 0 Å². The highest BCUT2D eigenvalue weighted by Crippen LogP contribution is 2.27. The number of benzene rings is 2. The van der Waals surface area contributed by atoms with E-state index >= 15 is 0 Å². The molecule has 2 aromatic rings. The molecule has 0 unspecified atom stereocenters. The van der Waals surface area contributed by atoms with Crippen molar-refractivity contribution in [2.75, 3.05) is 0 Å². The van der Waals surface area contributed by atoms with Crippen LogP contribution in [0.15, 0.2) is 22.7 Å². The van der Waals surface area contributed by atoms with Crippen molar-refractivity contribution < 1.29 is 36.4 Å². The molecule has 0 saturated carbocycles. The Bertz CT molecular complexity index is 861. The highest BCUT2D eigenvalue weighted by Gasteiger charge is 2.26. The summed E-state index contributed by atoms with van der Waals surface area (Å²) in [4.78, 5) is 21.8. The third-order valence-electron chi connectivity index (χ3n) is 3.03. The molecule has 0 atom stereocenters. The largest absolute Gasteiger partial charge is 0.457 e. The minimum Gasteiger partial charge on any atom is -0.457 e. The first-order valence-electron chi connectivity index (χ1n) is 6.26. The fourth-order valence-corrected chi connectivity index (χ4v) is 2.17. The first kappa shape index (κ1) is 18.8. The summed E-state index contributed by atoms with van der Waals surface area (Å²) in [6.07, 6.45) is 0. The molecule has 132 valence electrons. The van der Waals surface area contributed by atoms with Gasteiger partial charge in [-0.15, -0.1) is 0 Å². The predicted molar refractivity (Wildman–Crippen MR) is 76.1 cm³/mol. The molecule has 0 aliphatic carbocycles. The molecular formula is C14H5BrF5NO4. The molecule has 0 fully saturated rings. The zero-order valence-corrected chi connectivity index (χ0v) is 13.4. The molecule has 25 heavy (non-hydrogen) atoms. The molecule has 0 N–H and O–H groups in total. The number of esters is 1. The highest BCUT2D eigenvalue weighted by molar-refractivity contribution is 9.10. The van der Waals surface area contributed by atoms with E-state index in [1.165, 1.54) is 0 Å². The summed E-state index contributed by atoms with van der Waals surface area (Å²) in [7, 11) is 0. The van der Waals surface area contributed by atoms with Crippen LogP contribution in [0.1, 0.15) is 15.9 Å². The number of carbonyl (C=O) groups is 1. The van der Waals surface area contributed by atoms with Crippen molar-refractivity contribution in [3.63, 3.8) is 0 Å². The molecule has 0 radical (unpaired) electrons. The third kappa shape index (κ3) is 3.60. The molecule has 0 amide bonds. The summed E-state index contributed by atoms with van der Waals surface area (Å²) >= 11 is 2.89. The summed E-state index contributed by atoms with van der Waals surface area (Å²) in [5, 5.41) is 10.8. The molecule has 0 saturated heterocycles. The molecule has 0 aliphatic heterocycles. The maximum atomic E-state index is 13.5. The molecule has 5 nitrogen and oxygen atoms in total. The Morgan fingerprint density at radius 1 is 1.04 bits per heavy atom. The lowest BCUT2D eigenvalue weighted by Crippen LogP contribution is -2.12. The van der Waals surface area contributed by atoms with E-state index in [0.29, 0.717) is 0 Å². The summed E-state index contributed by atoms with van der Waals surface area (Å²) in [5.41, 5.74) is -2.17.